The van der Waals surface area contributed by atoms with E-state index in [1.807, 2.05) is 0 Å². The molecule has 8 nitrogen and oxygen atoms in total. The van der Waals surface area contributed by atoms with Gasteiger partial charge in [0.15, 0.2) is 0 Å². The van der Waals surface area contributed by atoms with Crippen LogP contribution in [0.3, 0.4) is 0 Å². The zero-order valence-corrected chi connectivity index (χ0v) is 16.1. The molecule has 11 heteroatoms. The lowest BCUT2D eigenvalue weighted by Gasteiger charge is -2.10. The second-order valence-electron chi connectivity index (χ2n) is 5.74. The SMILES string of the molecule is COc1ccc(Cn2nc(C(F)F)c([N+](=O)[O-])c2-c2cc(Br)ncc2N)cc1. The molecule has 0 radical (unpaired) electrons. The van der Waals surface area contributed by atoms with E-state index in [2.05, 4.69) is 26.0 Å². The van der Waals surface area contributed by atoms with E-state index < -0.39 is 22.7 Å². The van der Waals surface area contributed by atoms with Gasteiger partial charge in [0.25, 0.3) is 6.43 Å². The normalized spacial score (nSPS) is 11.0. The third-order valence-corrected chi connectivity index (χ3v) is 4.42. The number of ether oxygens (including phenoxy) is 1. The van der Waals surface area contributed by atoms with Crippen molar-refractivity contribution in [3.8, 4) is 17.0 Å². The Morgan fingerprint density at radius 2 is 2.04 bits per heavy atom. The molecule has 0 aliphatic heterocycles. The van der Waals surface area contributed by atoms with Gasteiger partial charge in [0.2, 0.25) is 5.69 Å². The van der Waals surface area contributed by atoms with Gasteiger partial charge >= 0.3 is 5.69 Å². The van der Waals surface area contributed by atoms with Gasteiger partial charge in [-0.25, -0.2) is 13.8 Å². The number of hydrogen-bond donors (Lipinski definition) is 1. The number of nitro groups is 1. The van der Waals surface area contributed by atoms with Crippen molar-refractivity contribution in [1.29, 1.82) is 0 Å². The minimum Gasteiger partial charge on any atom is -0.497 e. The molecule has 3 rings (SSSR count). The Kier molecular flexibility index (Phi) is 5.54. The fraction of sp³-hybridized carbons (Fsp3) is 0.176. The highest BCUT2D eigenvalue weighted by Gasteiger charge is 2.34. The van der Waals surface area contributed by atoms with Gasteiger partial charge in [0.1, 0.15) is 16.0 Å². The number of nitrogen functional groups attached to an aromatic ring is 1. The Morgan fingerprint density at radius 3 is 2.61 bits per heavy atom. The predicted molar refractivity (Wildman–Crippen MR) is 101 cm³/mol. The van der Waals surface area contributed by atoms with Gasteiger partial charge in [0.05, 0.1) is 30.5 Å². The number of anilines is 1. The van der Waals surface area contributed by atoms with E-state index in [0.717, 1.165) is 4.68 Å². The fourth-order valence-corrected chi connectivity index (χ4v) is 3.06. The van der Waals surface area contributed by atoms with E-state index in [4.69, 9.17) is 10.5 Å². The zero-order chi connectivity index (χ0) is 20.4. The maximum absolute atomic E-state index is 13.5. The summed E-state index contributed by atoms with van der Waals surface area (Å²) in [6.07, 6.45) is -1.83. The second kappa shape index (κ2) is 7.89. The molecule has 0 aliphatic rings. The number of alkyl halides is 2. The minimum absolute atomic E-state index is 0.0201. The minimum atomic E-state index is -3.12. The van der Waals surface area contributed by atoms with Gasteiger partial charge < -0.3 is 10.5 Å². The molecular formula is C17H14BrF2N5O3. The van der Waals surface area contributed by atoms with Crippen molar-refractivity contribution in [2.45, 2.75) is 13.0 Å². The van der Waals surface area contributed by atoms with Crippen LogP contribution in [0.5, 0.6) is 5.75 Å². The third-order valence-electron chi connectivity index (χ3n) is 3.99. The first-order valence-corrected chi connectivity index (χ1v) is 8.68. The molecule has 0 fully saturated rings. The van der Waals surface area contributed by atoms with Gasteiger partial charge in [-0.1, -0.05) is 12.1 Å². The van der Waals surface area contributed by atoms with Crippen LogP contribution in [0.4, 0.5) is 20.2 Å². The van der Waals surface area contributed by atoms with E-state index in [1.165, 1.54) is 19.4 Å². The van der Waals surface area contributed by atoms with E-state index in [0.29, 0.717) is 15.9 Å². The first-order valence-electron chi connectivity index (χ1n) is 7.89. The average molecular weight is 454 g/mol. The number of methoxy groups -OCH3 is 1. The van der Waals surface area contributed by atoms with Gasteiger partial charge in [-0.15, -0.1) is 0 Å². The number of nitrogens with zero attached hydrogens (tertiary/aromatic N) is 4. The molecule has 2 heterocycles. The van der Waals surface area contributed by atoms with E-state index in [-0.39, 0.29) is 23.5 Å². The molecule has 0 spiro atoms. The molecule has 0 unspecified atom stereocenters. The van der Waals surface area contributed by atoms with Gasteiger partial charge in [-0.05, 0) is 39.7 Å². The molecule has 3 aromatic rings. The molecule has 28 heavy (non-hydrogen) atoms. The van der Waals surface area contributed by atoms with Crippen molar-refractivity contribution in [2.24, 2.45) is 0 Å². The Bertz CT molecular complexity index is 1020. The maximum Gasteiger partial charge on any atom is 0.324 e. The van der Waals surface area contributed by atoms with Crippen LogP contribution in [-0.4, -0.2) is 26.8 Å². The van der Waals surface area contributed by atoms with Crippen LogP contribution in [0.15, 0.2) is 41.1 Å². The van der Waals surface area contributed by atoms with Crippen LogP contribution in [0.2, 0.25) is 0 Å². The van der Waals surface area contributed by atoms with Crippen molar-refractivity contribution in [3.63, 3.8) is 0 Å². The number of rotatable bonds is 6. The number of benzene rings is 1. The van der Waals surface area contributed by atoms with Crippen LogP contribution in [0.1, 0.15) is 17.7 Å². The summed E-state index contributed by atoms with van der Waals surface area (Å²) in [6, 6.07) is 8.24. The van der Waals surface area contributed by atoms with Crippen LogP contribution >= 0.6 is 15.9 Å². The summed E-state index contributed by atoms with van der Waals surface area (Å²) >= 11 is 3.17. The van der Waals surface area contributed by atoms with Gasteiger partial charge in [0, 0.05) is 5.56 Å². The quantitative estimate of drug-likeness (QED) is 0.340. The first-order chi connectivity index (χ1) is 13.3. The number of aromatic nitrogens is 3. The molecule has 1 aromatic carbocycles. The average Bonchev–Trinajstić information content (AvgIpc) is 3.04. The molecule has 0 saturated heterocycles. The smallest absolute Gasteiger partial charge is 0.324 e. The molecule has 0 saturated carbocycles. The zero-order valence-electron chi connectivity index (χ0n) is 14.5. The standard InChI is InChI=1S/C17H14BrF2N5O3/c1-28-10-4-2-9(3-5-10)8-24-15(11-6-13(18)22-7-12(11)21)16(25(26)27)14(23-24)17(19)20/h2-7,17H,8,21H2,1H3. The lowest BCUT2D eigenvalue weighted by atomic mass is 10.1. The summed E-state index contributed by atoms with van der Waals surface area (Å²) in [5, 5.41) is 15.4. The molecule has 0 amide bonds. The summed E-state index contributed by atoms with van der Waals surface area (Å²) < 4.78 is 33.5. The van der Waals surface area contributed by atoms with Crippen molar-refractivity contribution in [2.75, 3.05) is 12.8 Å². The Labute approximate surface area is 166 Å². The van der Waals surface area contributed by atoms with Crippen molar-refractivity contribution < 1.29 is 18.4 Å². The van der Waals surface area contributed by atoms with Gasteiger partial charge in [-0.2, -0.15) is 5.10 Å². The molecule has 146 valence electrons. The second-order valence-corrected chi connectivity index (χ2v) is 6.55. The van der Waals surface area contributed by atoms with Crippen LogP contribution in [-0.2, 0) is 6.54 Å². The third kappa shape index (κ3) is 3.79. The van der Waals surface area contributed by atoms with E-state index >= 15 is 0 Å². The van der Waals surface area contributed by atoms with Crippen LogP contribution in [0.25, 0.3) is 11.3 Å². The van der Waals surface area contributed by atoms with Crippen LogP contribution < -0.4 is 10.5 Å². The number of hydrogen-bond acceptors (Lipinski definition) is 6. The Morgan fingerprint density at radius 1 is 1.36 bits per heavy atom. The largest absolute Gasteiger partial charge is 0.497 e. The maximum atomic E-state index is 13.5. The molecule has 2 aromatic heterocycles. The predicted octanol–water partition coefficient (Wildman–Crippen LogP) is 4.19. The van der Waals surface area contributed by atoms with Crippen LogP contribution in [0, 0.1) is 10.1 Å². The summed E-state index contributed by atoms with van der Waals surface area (Å²) in [4.78, 5) is 14.7. The summed E-state index contributed by atoms with van der Waals surface area (Å²) in [7, 11) is 1.52. The molecule has 2 N–H and O–H groups in total. The highest BCUT2D eigenvalue weighted by atomic mass is 79.9. The molecule has 0 atom stereocenters. The summed E-state index contributed by atoms with van der Waals surface area (Å²) in [5.74, 6) is 0.617. The lowest BCUT2D eigenvalue weighted by molar-refractivity contribution is -0.385. The van der Waals surface area contributed by atoms with Gasteiger partial charge in [-0.3, -0.25) is 14.8 Å². The monoisotopic (exact) mass is 453 g/mol. The number of nitrogens with two attached hydrogens (primary N) is 1. The van der Waals surface area contributed by atoms with Crippen molar-refractivity contribution in [1.82, 2.24) is 14.8 Å². The molecular weight excluding hydrogens is 440 g/mol. The highest BCUT2D eigenvalue weighted by molar-refractivity contribution is 9.10. The van der Waals surface area contributed by atoms with Crippen molar-refractivity contribution in [3.05, 3.63) is 62.5 Å². The van der Waals surface area contributed by atoms with E-state index in [1.54, 1.807) is 24.3 Å². The van der Waals surface area contributed by atoms with E-state index in [9.17, 15) is 18.9 Å². The number of pyridine rings is 1. The Hall–Kier alpha value is -3.08. The Balaban J connectivity index is 2.21. The lowest BCUT2D eigenvalue weighted by Crippen LogP contribution is -2.06. The highest BCUT2D eigenvalue weighted by Crippen LogP contribution is 2.40. The summed E-state index contributed by atoms with van der Waals surface area (Å²) in [6.45, 7) is 0.0201. The fourth-order valence-electron chi connectivity index (χ4n) is 2.73. The van der Waals surface area contributed by atoms with Crippen molar-refractivity contribution >= 4 is 27.3 Å². The number of halogens is 3. The molecule has 0 bridgehead atoms. The summed E-state index contributed by atoms with van der Waals surface area (Å²) in [5.41, 5.74) is 5.08. The topological polar surface area (TPSA) is 109 Å². The molecule has 0 aliphatic carbocycles. The first kappa shape index (κ1) is 19.7.